The number of thiazole rings is 1. The van der Waals surface area contributed by atoms with Crippen molar-refractivity contribution in [3.05, 3.63) is 34.4 Å². The summed E-state index contributed by atoms with van der Waals surface area (Å²) in [5.74, 6) is 0.597. The first-order valence-electron chi connectivity index (χ1n) is 5.89. The lowest BCUT2D eigenvalue weighted by Gasteiger charge is -2.09. The van der Waals surface area contributed by atoms with Gasteiger partial charge in [-0.25, -0.2) is 4.98 Å². The zero-order valence-electron chi connectivity index (χ0n) is 10.8. The van der Waals surface area contributed by atoms with E-state index in [1.165, 1.54) is 0 Å². The molecule has 19 heavy (non-hydrogen) atoms. The van der Waals surface area contributed by atoms with Crippen molar-refractivity contribution in [3.63, 3.8) is 0 Å². The van der Waals surface area contributed by atoms with Crippen LogP contribution in [0.2, 0.25) is 0 Å². The van der Waals surface area contributed by atoms with Crippen LogP contribution in [0.4, 0.5) is 5.82 Å². The van der Waals surface area contributed by atoms with Gasteiger partial charge in [0.1, 0.15) is 5.82 Å². The molecule has 0 aromatic carbocycles. The number of aromatic nitrogens is 3. The molecule has 0 saturated carbocycles. The first kappa shape index (κ1) is 13.4. The van der Waals surface area contributed by atoms with Gasteiger partial charge in [-0.2, -0.15) is 0 Å². The Kier molecular flexibility index (Phi) is 4.40. The van der Waals surface area contributed by atoms with Crippen molar-refractivity contribution in [1.29, 1.82) is 0 Å². The van der Waals surface area contributed by atoms with Crippen LogP contribution >= 0.6 is 11.3 Å². The zero-order chi connectivity index (χ0) is 13.7. The minimum atomic E-state index is -0.224. The highest BCUT2D eigenvalue weighted by Gasteiger charge is 2.12. The van der Waals surface area contributed by atoms with Crippen LogP contribution < -0.4 is 10.6 Å². The van der Waals surface area contributed by atoms with Crippen LogP contribution in [0, 0.1) is 0 Å². The molecule has 0 aliphatic heterocycles. The summed E-state index contributed by atoms with van der Waals surface area (Å²) in [6, 6.07) is 3.36. The van der Waals surface area contributed by atoms with Gasteiger partial charge in [0.15, 0.2) is 5.69 Å². The van der Waals surface area contributed by atoms with Gasteiger partial charge in [-0.05, 0) is 12.1 Å². The van der Waals surface area contributed by atoms with Crippen LogP contribution in [-0.2, 0) is 0 Å². The van der Waals surface area contributed by atoms with E-state index in [-0.39, 0.29) is 11.8 Å². The largest absolute Gasteiger partial charge is 0.372 e. The number of rotatable bonds is 5. The molecular formula is C12H15N5OS. The molecule has 0 aliphatic carbocycles. The summed E-state index contributed by atoms with van der Waals surface area (Å²) < 4.78 is 0. The molecule has 1 atom stereocenters. The second-order valence-corrected chi connectivity index (χ2v) is 4.96. The van der Waals surface area contributed by atoms with Gasteiger partial charge in [0.25, 0.3) is 5.91 Å². The topological polar surface area (TPSA) is 79.8 Å². The Morgan fingerprint density at radius 3 is 2.84 bits per heavy atom. The molecule has 100 valence electrons. The summed E-state index contributed by atoms with van der Waals surface area (Å²) in [6.45, 7) is 2.55. The van der Waals surface area contributed by atoms with Crippen LogP contribution in [0.25, 0.3) is 0 Å². The van der Waals surface area contributed by atoms with Gasteiger partial charge >= 0.3 is 0 Å². The van der Waals surface area contributed by atoms with Gasteiger partial charge in [-0.1, -0.05) is 6.92 Å². The lowest BCUT2D eigenvalue weighted by Crippen LogP contribution is -2.28. The summed E-state index contributed by atoms with van der Waals surface area (Å²) in [7, 11) is 1.75. The maximum absolute atomic E-state index is 11.9. The Labute approximate surface area is 115 Å². The van der Waals surface area contributed by atoms with Crippen molar-refractivity contribution in [2.75, 3.05) is 18.9 Å². The number of carbonyl (C=O) groups is 1. The molecule has 7 heteroatoms. The quantitative estimate of drug-likeness (QED) is 0.866. The molecule has 6 nitrogen and oxygen atoms in total. The Balaban J connectivity index is 1.90. The third kappa shape index (κ3) is 3.47. The van der Waals surface area contributed by atoms with Crippen LogP contribution in [0.15, 0.2) is 23.7 Å². The smallest absolute Gasteiger partial charge is 0.271 e. The van der Waals surface area contributed by atoms with Crippen molar-refractivity contribution in [3.8, 4) is 0 Å². The summed E-state index contributed by atoms with van der Waals surface area (Å²) in [5, 5.41) is 16.3. The molecule has 0 saturated heterocycles. The number of hydrogen-bond donors (Lipinski definition) is 2. The third-order valence-electron chi connectivity index (χ3n) is 2.60. The van der Waals surface area contributed by atoms with E-state index < -0.39 is 0 Å². The fraction of sp³-hybridized carbons (Fsp3) is 0.333. The summed E-state index contributed by atoms with van der Waals surface area (Å²) in [5.41, 5.74) is 0.310. The monoisotopic (exact) mass is 277 g/mol. The summed E-state index contributed by atoms with van der Waals surface area (Å²) >= 11 is 1.58. The number of nitrogens with zero attached hydrogens (tertiary/aromatic N) is 3. The van der Waals surface area contributed by atoms with Crippen LogP contribution in [0.5, 0.6) is 0 Å². The zero-order valence-corrected chi connectivity index (χ0v) is 11.6. The molecule has 0 bridgehead atoms. The van der Waals surface area contributed by atoms with Gasteiger partial charge in [0.05, 0.1) is 5.01 Å². The standard InChI is InChI=1S/C12H15N5OS/c1-8(12-14-5-6-19-12)7-15-11(18)9-3-4-10(13-2)17-16-9/h3-6,8H,7H2,1-2H3,(H,13,17)(H,15,18). The summed E-state index contributed by atoms with van der Waals surface area (Å²) in [6.07, 6.45) is 1.76. The van der Waals surface area contributed by atoms with E-state index in [1.54, 1.807) is 36.7 Å². The molecule has 2 heterocycles. The van der Waals surface area contributed by atoms with Crippen molar-refractivity contribution in [1.82, 2.24) is 20.5 Å². The first-order valence-corrected chi connectivity index (χ1v) is 6.77. The van der Waals surface area contributed by atoms with Gasteiger partial charge in [-0.15, -0.1) is 21.5 Å². The molecular weight excluding hydrogens is 262 g/mol. The van der Waals surface area contributed by atoms with Crippen LogP contribution in [0.3, 0.4) is 0 Å². The van der Waals surface area contributed by atoms with E-state index >= 15 is 0 Å². The van der Waals surface area contributed by atoms with Gasteiger partial charge in [0.2, 0.25) is 0 Å². The molecule has 2 rings (SSSR count). The molecule has 0 fully saturated rings. The normalized spacial score (nSPS) is 11.9. The molecule has 0 spiro atoms. The third-order valence-corrected chi connectivity index (χ3v) is 3.60. The second kappa shape index (κ2) is 6.24. The minimum Gasteiger partial charge on any atom is -0.372 e. The Hall–Kier alpha value is -2.02. The van der Waals surface area contributed by atoms with E-state index in [0.717, 1.165) is 5.01 Å². The van der Waals surface area contributed by atoms with E-state index in [2.05, 4.69) is 25.8 Å². The molecule has 2 aromatic heterocycles. The highest BCUT2D eigenvalue weighted by atomic mass is 32.1. The SMILES string of the molecule is CNc1ccc(C(=O)NCC(C)c2nccs2)nn1. The molecule has 1 unspecified atom stereocenters. The fourth-order valence-corrected chi connectivity index (χ4v) is 2.19. The molecule has 0 aliphatic rings. The average molecular weight is 277 g/mol. The number of amides is 1. The summed E-state index contributed by atoms with van der Waals surface area (Å²) in [4.78, 5) is 16.1. The number of nitrogens with one attached hydrogen (secondary N) is 2. The van der Waals surface area contributed by atoms with Crippen molar-refractivity contribution >= 4 is 23.1 Å². The van der Waals surface area contributed by atoms with Gasteiger partial charge in [0, 0.05) is 31.1 Å². The molecule has 0 radical (unpaired) electrons. The Bertz CT molecular complexity index is 526. The molecule has 2 N–H and O–H groups in total. The first-order chi connectivity index (χ1) is 9.20. The lowest BCUT2D eigenvalue weighted by atomic mass is 10.2. The maximum atomic E-state index is 11.9. The highest BCUT2D eigenvalue weighted by molar-refractivity contribution is 7.09. The minimum absolute atomic E-state index is 0.188. The van der Waals surface area contributed by atoms with Crippen LogP contribution in [-0.4, -0.2) is 34.7 Å². The number of anilines is 1. The van der Waals surface area contributed by atoms with Crippen molar-refractivity contribution < 1.29 is 4.79 Å². The van der Waals surface area contributed by atoms with Crippen molar-refractivity contribution in [2.24, 2.45) is 0 Å². The predicted molar refractivity (Wildman–Crippen MR) is 74.4 cm³/mol. The maximum Gasteiger partial charge on any atom is 0.271 e. The predicted octanol–water partition coefficient (Wildman–Crippen LogP) is 1.51. The number of hydrogen-bond acceptors (Lipinski definition) is 6. The Morgan fingerprint density at radius 1 is 1.42 bits per heavy atom. The fourth-order valence-electron chi connectivity index (χ4n) is 1.49. The Morgan fingerprint density at radius 2 is 2.26 bits per heavy atom. The second-order valence-electron chi connectivity index (χ2n) is 4.04. The van der Waals surface area contributed by atoms with E-state index in [0.29, 0.717) is 18.1 Å². The van der Waals surface area contributed by atoms with Gasteiger partial charge in [-0.3, -0.25) is 4.79 Å². The van der Waals surface area contributed by atoms with E-state index in [1.807, 2.05) is 12.3 Å². The highest BCUT2D eigenvalue weighted by Crippen LogP contribution is 2.16. The van der Waals surface area contributed by atoms with Crippen LogP contribution in [0.1, 0.15) is 28.3 Å². The molecule has 1 amide bonds. The number of carbonyl (C=O) groups excluding carboxylic acids is 1. The lowest BCUT2D eigenvalue weighted by molar-refractivity contribution is 0.0945. The van der Waals surface area contributed by atoms with E-state index in [9.17, 15) is 4.79 Å². The van der Waals surface area contributed by atoms with Gasteiger partial charge < -0.3 is 10.6 Å². The van der Waals surface area contributed by atoms with E-state index in [4.69, 9.17) is 0 Å². The van der Waals surface area contributed by atoms with Crippen molar-refractivity contribution in [2.45, 2.75) is 12.8 Å². The average Bonchev–Trinajstić information content (AvgIpc) is 2.98. The molecule has 2 aromatic rings.